The molecule has 10 heteroatoms. The van der Waals surface area contributed by atoms with E-state index in [1.165, 1.54) is 0 Å². The van der Waals surface area contributed by atoms with Gasteiger partial charge in [0.2, 0.25) is 15.9 Å². The third-order valence-corrected chi connectivity index (χ3v) is 5.40. The molecule has 27 heavy (non-hydrogen) atoms. The number of rotatable bonds is 7. The van der Waals surface area contributed by atoms with E-state index < -0.39 is 21.3 Å². The quantitative estimate of drug-likeness (QED) is 0.711. The Morgan fingerprint density at radius 3 is 2.48 bits per heavy atom. The summed E-state index contributed by atoms with van der Waals surface area (Å²) >= 11 is 0. The molecule has 1 saturated carbocycles. The first-order chi connectivity index (χ1) is 12.3. The maximum absolute atomic E-state index is 12.3. The van der Waals surface area contributed by atoms with Gasteiger partial charge in [-0.3, -0.25) is 4.72 Å². The van der Waals surface area contributed by atoms with Gasteiger partial charge in [-0.15, -0.1) is 12.4 Å². The Kier molecular flexibility index (Phi) is 6.72. The molecule has 0 bridgehead atoms. The highest BCUT2D eigenvalue weighted by molar-refractivity contribution is 7.91. The lowest BCUT2D eigenvalue weighted by Gasteiger charge is -2.17. The second-order valence-corrected chi connectivity index (χ2v) is 8.65. The summed E-state index contributed by atoms with van der Waals surface area (Å²) in [7, 11) is -3.68. The van der Waals surface area contributed by atoms with Gasteiger partial charge in [0.1, 0.15) is 11.5 Å². The predicted molar refractivity (Wildman–Crippen MR) is 104 cm³/mol. The number of nitrogens with one attached hydrogen (secondary N) is 1. The van der Waals surface area contributed by atoms with Crippen molar-refractivity contribution in [2.45, 2.75) is 56.9 Å². The molecule has 0 aliphatic heterocycles. The van der Waals surface area contributed by atoms with Gasteiger partial charge in [-0.2, -0.15) is 4.98 Å². The summed E-state index contributed by atoms with van der Waals surface area (Å²) < 4.78 is 37.8. The average Bonchev–Trinajstić information content (AvgIpc) is 3.18. The van der Waals surface area contributed by atoms with Crippen LogP contribution >= 0.6 is 12.4 Å². The molecule has 1 heterocycles. The van der Waals surface area contributed by atoms with Crippen LogP contribution in [0.4, 0.5) is 5.69 Å². The average molecular weight is 417 g/mol. The molecule has 0 radical (unpaired) electrons. The zero-order chi connectivity index (χ0) is 18.8. The number of hydrogen-bond donors (Lipinski definition) is 2. The number of hydrogen-bond acceptors (Lipinski definition) is 7. The second-order valence-electron chi connectivity index (χ2n) is 6.93. The molecule has 0 atom stereocenters. The van der Waals surface area contributed by atoms with E-state index in [2.05, 4.69) is 14.9 Å². The Balaban J connectivity index is 0.00000261. The SMILES string of the molecule is CC(C)Oc1ccc(NS(=O)(=O)Cc2nc(C3(N)CCCC3)no2)cc1.Cl. The molecule has 1 aliphatic carbocycles. The fourth-order valence-corrected chi connectivity index (χ4v) is 4.01. The third-order valence-electron chi connectivity index (χ3n) is 4.22. The maximum Gasteiger partial charge on any atom is 0.243 e. The van der Waals surface area contributed by atoms with Crippen LogP contribution in [0.2, 0.25) is 0 Å². The number of nitrogens with zero attached hydrogens (tertiary/aromatic N) is 2. The highest BCUT2D eigenvalue weighted by Gasteiger charge is 2.36. The molecule has 1 aromatic carbocycles. The Morgan fingerprint density at radius 2 is 1.89 bits per heavy atom. The molecule has 8 nitrogen and oxygen atoms in total. The number of benzene rings is 1. The molecule has 3 N–H and O–H groups in total. The van der Waals surface area contributed by atoms with Crippen LogP contribution in [0.3, 0.4) is 0 Å². The zero-order valence-electron chi connectivity index (χ0n) is 15.3. The van der Waals surface area contributed by atoms with Gasteiger partial charge in [-0.1, -0.05) is 18.0 Å². The summed E-state index contributed by atoms with van der Waals surface area (Å²) in [6.45, 7) is 3.85. The standard InChI is InChI=1S/C17H24N4O4S.ClH/c1-12(2)24-14-7-5-13(6-8-14)21-26(22,23)11-15-19-16(20-25-15)17(18)9-3-4-10-17;/h5-8,12,21H,3-4,9-11,18H2,1-2H3;1H. The number of aromatic nitrogens is 2. The summed E-state index contributed by atoms with van der Waals surface area (Å²) in [5, 5.41) is 3.88. The fourth-order valence-electron chi connectivity index (χ4n) is 3.00. The molecular formula is C17H25ClN4O4S. The van der Waals surface area contributed by atoms with Crippen LogP contribution in [0.15, 0.2) is 28.8 Å². The minimum Gasteiger partial charge on any atom is -0.491 e. The normalized spacial score (nSPS) is 16.1. The Bertz CT molecular complexity index is 846. The number of halogens is 1. The number of anilines is 1. The van der Waals surface area contributed by atoms with Crippen LogP contribution in [0, 0.1) is 0 Å². The van der Waals surface area contributed by atoms with Crippen molar-refractivity contribution < 1.29 is 17.7 Å². The predicted octanol–water partition coefficient (Wildman–Crippen LogP) is 2.95. The van der Waals surface area contributed by atoms with Crippen LogP contribution in [-0.4, -0.2) is 24.7 Å². The largest absolute Gasteiger partial charge is 0.491 e. The minimum atomic E-state index is -3.68. The molecule has 150 valence electrons. The van der Waals surface area contributed by atoms with Gasteiger partial charge >= 0.3 is 0 Å². The van der Waals surface area contributed by atoms with Crippen molar-refractivity contribution in [3.05, 3.63) is 36.0 Å². The lowest BCUT2D eigenvalue weighted by molar-refractivity contribution is 0.242. The topological polar surface area (TPSA) is 120 Å². The van der Waals surface area contributed by atoms with Crippen LogP contribution in [0.1, 0.15) is 51.2 Å². The first-order valence-electron chi connectivity index (χ1n) is 8.65. The summed E-state index contributed by atoms with van der Waals surface area (Å²) in [4.78, 5) is 4.20. The molecule has 0 amide bonds. The summed E-state index contributed by atoms with van der Waals surface area (Å²) in [5.74, 6) is 0.689. The smallest absolute Gasteiger partial charge is 0.243 e. The van der Waals surface area contributed by atoms with E-state index in [-0.39, 0.29) is 24.4 Å². The number of sulfonamides is 1. The van der Waals surface area contributed by atoms with E-state index in [0.717, 1.165) is 25.7 Å². The van der Waals surface area contributed by atoms with Crippen molar-refractivity contribution in [3.8, 4) is 5.75 Å². The van der Waals surface area contributed by atoms with Crippen molar-refractivity contribution in [2.24, 2.45) is 5.73 Å². The maximum atomic E-state index is 12.3. The van der Waals surface area contributed by atoms with Gasteiger partial charge in [0.05, 0.1) is 11.6 Å². The lowest BCUT2D eigenvalue weighted by atomic mass is 9.99. The Hall–Kier alpha value is -1.84. The monoisotopic (exact) mass is 416 g/mol. The minimum absolute atomic E-state index is 0. The first-order valence-corrected chi connectivity index (χ1v) is 10.3. The van der Waals surface area contributed by atoms with E-state index in [4.69, 9.17) is 15.0 Å². The van der Waals surface area contributed by atoms with Crippen molar-refractivity contribution in [1.82, 2.24) is 10.1 Å². The summed E-state index contributed by atoms with van der Waals surface area (Å²) in [6.07, 6.45) is 3.63. The molecule has 1 aliphatic rings. The van der Waals surface area contributed by atoms with E-state index in [1.807, 2.05) is 13.8 Å². The molecule has 1 fully saturated rings. The van der Waals surface area contributed by atoms with Gasteiger partial charge < -0.3 is 15.0 Å². The first kappa shape index (κ1) is 21.5. The van der Waals surface area contributed by atoms with E-state index in [9.17, 15) is 8.42 Å². The lowest BCUT2D eigenvalue weighted by Crippen LogP contribution is -2.34. The second kappa shape index (κ2) is 8.45. The molecule has 0 unspecified atom stereocenters. The van der Waals surface area contributed by atoms with Crippen molar-refractivity contribution in [3.63, 3.8) is 0 Å². The van der Waals surface area contributed by atoms with Crippen LogP contribution in [0.5, 0.6) is 5.75 Å². The van der Waals surface area contributed by atoms with Gasteiger partial charge in [0.25, 0.3) is 0 Å². The van der Waals surface area contributed by atoms with Crippen molar-refractivity contribution in [2.75, 3.05) is 4.72 Å². The molecular weight excluding hydrogens is 392 g/mol. The van der Waals surface area contributed by atoms with E-state index in [0.29, 0.717) is 17.3 Å². The van der Waals surface area contributed by atoms with Crippen molar-refractivity contribution >= 4 is 28.1 Å². The Labute approximate surface area is 165 Å². The van der Waals surface area contributed by atoms with Gasteiger partial charge in [0.15, 0.2) is 5.82 Å². The molecule has 0 spiro atoms. The third kappa shape index (κ3) is 5.57. The molecule has 0 saturated heterocycles. The molecule has 3 rings (SSSR count). The van der Waals surface area contributed by atoms with E-state index >= 15 is 0 Å². The zero-order valence-corrected chi connectivity index (χ0v) is 17.0. The molecule has 2 aromatic rings. The van der Waals surface area contributed by atoms with Gasteiger partial charge in [-0.05, 0) is 51.0 Å². The summed E-state index contributed by atoms with van der Waals surface area (Å²) in [6, 6.07) is 6.70. The van der Waals surface area contributed by atoms with Crippen LogP contribution < -0.4 is 15.2 Å². The highest BCUT2D eigenvalue weighted by Crippen LogP contribution is 2.34. The highest BCUT2D eigenvalue weighted by atomic mass is 35.5. The molecule has 1 aromatic heterocycles. The fraction of sp³-hybridized carbons (Fsp3) is 0.529. The van der Waals surface area contributed by atoms with E-state index in [1.54, 1.807) is 24.3 Å². The van der Waals surface area contributed by atoms with Crippen LogP contribution in [0.25, 0.3) is 0 Å². The van der Waals surface area contributed by atoms with Gasteiger partial charge in [0, 0.05) is 5.69 Å². The van der Waals surface area contributed by atoms with Crippen molar-refractivity contribution in [1.29, 1.82) is 0 Å². The summed E-state index contributed by atoms with van der Waals surface area (Å²) in [5.41, 5.74) is 6.10. The van der Waals surface area contributed by atoms with Crippen LogP contribution in [-0.2, 0) is 21.3 Å². The Morgan fingerprint density at radius 1 is 1.26 bits per heavy atom. The van der Waals surface area contributed by atoms with Gasteiger partial charge in [-0.25, -0.2) is 8.42 Å². The number of nitrogens with two attached hydrogens (primary N) is 1. The number of ether oxygens (including phenoxy) is 1.